The zero-order chi connectivity index (χ0) is 19.1. The third-order valence-electron chi connectivity index (χ3n) is 3.71. The minimum Gasteiger partial charge on any atom is -0.489 e. The van der Waals surface area contributed by atoms with E-state index in [1.54, 1.807) is 19.2 Å². The molecule has 0 aliphatic heterocycles. The van der Waals surface area contributed by atoms with Gasteiger partial charge in [-0.25, -0.2) is 0 Å². The lowest BCUT2D eigenvalue weighted by atomic mass is 10.0. The molecular formula is C20H23ClN2O3. The predicted molar refractivity (Wildman–Crippen MR) is 103 cm³/mol. The smallest absolute Gasteiger partial charge is 0.251 e. The second-order valence-electron chi connectivity index (χ2n) is 6.14. The van der Waals surface area contributed by atoms with Crippen molar-refractivity contribution in [2.75, 3.05) is 7.05 Å². The standard InChI is InChI=1S/C20H23ClN2O3/c1-13(2)26-18-10-9-15(12-16(18)21)19(24)23-17(20(25)22-3)11-14-7-5-4-6-8-14/h4-10,12-13,17H,11H2,1-3H3,(H,22,25)(H,23,24). The number of halogens is 1. The van der Waals surface area contributed by atoms with Crippen molar-refractivity contribution in [3.05, 3.63) is 64.7 Å². The Morgan fingerprint density at radius 2 is 1.81 bits per heavy atom. The van der Waals surface area contributed by atoms with Crippen LogP contribution < -0.4 is 15.4 Å². The van der Waals surface area contributed by atoms with Crippen LogP contribution in [0.2, 0.25) is 5.02 Å². The maximum Gasteiger partial charge on any atom is 0.251 e. The van der Waals surface area contributed by atoms with E-state index in [-0.39, 0.29) is 17.9 Å². The van der Waals surface area contributed by atoms with Crippen LogP contribution in [0.3, 0.4) is 0 Å². The van der Waals surface area contributed by atoms with Crippen LogP contribution in [0.15, 0.2) is 48.5 Å². The molecule has 5 nitrogen and oxygen atoms in total. The lowest BCUT2D eigenvalue weighted by Crippen LogP contribution is -2.47. The molecule has 0 aromatic heterocycles. The van der Waals surface area contributed by atoms with Crippen LogP contribution in [0.1, 0.15) is 29.8 Å². The minimum atomic E-state index is -0.680. The van der Waals surface area contributed by atoms with Crippen molar-refractivity contribution in [1.82, 2.24) is 10.6 Å². The van der Waals surface area contributed by atoms with Gasteiger partial charge in [0.1, 0.15) is 11.8 Å². The second kappa shape index (κ2) is 9.25. The van der Waals surface area contributed by atoms with Gasteiger partial charge in [0.05, 0.1) is 11.1 Å². The van der Waals surface area contributed by atoms with E-state index in [1.165, 1.54) is 6.07 Å². The highest BCUT2D eigenvalue weighted by Crippen LogP contribution is 2.26. The fourth-order valence-corrected chi connectivity index (χ4v) is 2.69. The van der Waals surface area contributed by atoms with E-state index in [0.29, 0.717) is 22.8 Å². The summed E-state index contributed by atoms with van der Waals surface area (Å²) >= 11 is 6.19. The van der Waals surface area contributed by atoms with E-state index in [1.807, 2.05) is 44.2 Å². The van der Waals surface area contributed by atoms with E-state index < -0.39 is 6.04 Å². The first kappa shape index (κ1) is 19.8. The van der Waals surface area contributed by atoms with Crippen LogP contribution >= 0.6 is 11.6 Å². The Hall–Kier alpha value is -2.53. The molecule has 1 atom stereocenters. The number of amides is 2. The third kappa shape index (κ3) is 5.49. The van der Waals surface area contributed by atoms with Gasteiger partial charge >= 0.3 is 0 Å². The quantitative estimate of drug-likeness (QED) is 0.782. The number of likely N-dealkylation sites (N-methyl/N-ethyl adjacent to an activating group) is 1. The number of rotatable bonds is 7. The molecule has 6 heteroatoms. The van der Waals surface area contributed by atoms with E-state index in [4.69, 9.17) is 16.3 Å². The molecule has 2 aromatic carbocycles. The summed E-state index contributed by atoms with van der Waals surface area (Å²) in [6.45, 7) is 3.79. The average molecular weight is 375 g/mol. The number of nitrogens with one attached hydrogen (secondary N) is 2. The van der Waals surface area contributed by atoms with Crippen molar-refractivity contribution in [3.63, 3.8) is 0 Å². The SMILES string of the molecule is CNC(=O)C(Cc1ccccc1)NC(=O)c1ccc(OC(C)C)c(Cl)c1. The van der Waals surface area contributed by atoms with Crippen molar-refractivity contribution in [2.45, 2.75) is 32.4 Å². The zero-order valence-corrected chi connectivity index (χ0v) is 15.8. The molecular weight excluding hydrogens is 352 g/mol. The summed E-state index contributed by atoms with van der Waals surface area (Å²) in [7, 11) is 1.54. The maximum atomic E-state index is 12.6. The molecule has 2 aromatic rings. The summed E-state index contributed by atoms with van der Waals surface area (Å²) in [5.74, 6) is -0.106. The number of ether oxygens (including phenoxy) is 1. The molecule has 26 heavy (non-hydrogen) atoms. The molecule has 138 valence electrons. The fourth-order valence-electron chi connectivity index (χ4n) is 2.47. The molecule has 2 rings (SSSR count). The van der Waals surface area contributed by atoms with Crippen molar-refractivity contribution >= 4 is 23.4 Å². The Morgan fingerprint density at radius 1 is 1.12 bits per heavy atom. The van der Waals surface area contributed by atoms with Crippen LogP contribution in [0.5, 0.6) is 5.75 Å². The van der Waals surface area contributed by atoms with Crippen LogP contribution in [0.4, 0.5) is 0 Å². The summed E-state index contributed by atoms with van der Waals surface area (Å²) in [4.78, 5) is 24.7. The number of benzene rings is 2. The van der Waals surface area contributed by atoms with E-state index in [2.05, 4.69) is 10.6 Å². The summed E-state index contributed by atoms with van der Waals surface area (Å²) in [6, 6.07) is 13.7. The fraction of sp³-hybridized carbons (Fsp3) is 0.300. The van der Waals surface area contributed by atoms with Gasteiger partial charge in [0.2, 0.25) is 5.91 Å². The molecule has 0 heterocycles. The summed E-state index contributed by atoms with van der Waals surface area (Å²) < 4.78 is 5.57. The highest BCUT2D eigenvalue weighted by molar-refractivity contribution is 6.32. The lowest BCUT2D eigenvalue weighted by Gasteiger charge is -2.18. The molecule has 2 N–H and O–H groups in total. The highest BCUT2D eigenvalue weighted by atomic mass is 35.5. The van der Waals surface area contributed by atoms with Gasteiger partial charge < -0.3 is 15.4 Å². The number of hydrogen-bond donors (Lipinski definition) is 2. The molecule has 0 saturated carbocycles. The van der Waals surface area contributed by atoms with Gasteiger partial charge in [0, 0.05) is 19.0 Å². The molecule has 0 bridgehead atoms. The molecule has 0 spiro atoms. The van der Waals surface area contributed by atoms with Gasteiger partial charge in [-0.3, -0.25) is 9.59 Å². The van der Waals surface area contributed by atoms with Gasteiger partial charge in [0.15, 0.2) is 0 Å². The maximum absolute atomic E-state index is 12.6. The van der Waals surface area contributed by atoms with Crippen molar-refractivity contribution in [2.24, 2.45) is 0 Å². The van der Waals surface area contributed by atoms with Gasteiger partial charge in [-0.15, -0.1) is 0 Å². The molecule has 0 saturated heterocycles. The average Bonchev–Trinajstić information content (AvgIpc) is 2.62. The second-order valence-corrected chi connectivity index (χ2v) is 6.55. The van der Waals surface area contributed by atoms with Crippen LogP contribution in [-0.4, -0.2) is 31.0 Å². The topological polar surface area (TPSA) is 67.4 Å². The molecule has 0 aliphatic carbocycles. The summed E-state index contributed by atoms with van der Waals surface area (Å²) in [5, 5.41) is 5.71. The van der Waals surface area contributed by atoms with Crippen molar-refractivity contribution in [3.8, 4) is 5.75 Å². The van der Waals surface area contributed by atoms with Crippen molar-refractivity contribution < 1.29 is 14.3 Å². The van der Waals surface area contributed by atoms with Crippen LogP contribution in [0.25, 0.3) is 0 Å². The first-order valence-electron chi connectivity index (χ1n) is 8.43. The third-order valence-corrected chi connectivity index (χ3v) is 4.00. The zero-order valence-electron chi connectivity index (χ0n) is 15.1. The summed E-state index contributed by atoms with van der Waals surface area (Å²) in [6.07, 6.45) is 0.379. The predicted octanol–water partition coefficient (Wildman–Crippen LogP) is 3.21. The first-order chi connectivity index (χ1) is 12.4. The normalized spacial score (nSPS) is 11.7. The van der Waals surface area contributed by atoms with E-state index in [9.17, 15) is 9.59 Å². The van der Waals surface area contributed by atoms with Gasteiger partial charge in [-0.05, 0) is 37.6 Å². The van der Waals surface area contributed by atoms with Crippen LogP contribution in [0, 0.1) is 0 Å². The lowest BCUT2D eigenvalue weighted by molar-refractivity contribution is -0.122. The van der Waals surface area contributed by atoms with Crippen molar-refractivity contribution in [1.29, 1.82) is 0 Å². The highest BCUT2D eigenvalue weighted by Gasteiger charge is 2.21. The molecule has 2 amide bonds. The van der Waals surface area contributed by atoms with Gasteiger partial charge in [-0.2, -0.15) is 0 Å². The molecule has 0 radical (unpaired) electrons. The van der Waals surface area contributed by atoms with Gasteiger partial charge in [-0.1, -0.05) is 41.9 Å². The largest absolute Gasteiger partial charge is 0.489 e. The number of carbonyl (C=O) groups excluding carboxylic acids is 2. The Morgan fingerprint density at radius 3 is 2.38 bits per heavy atom. The Bertz CT molecular complexity index is 763. The Kier molecular flexibility index (Phi) is 7.04. The Balaban J connectivity index is 2.13. The first-order valence-corrected chi connectivity index (χ1v) is 8.81. The van der Waals surface area contributed by atoms with Crippen LogP contribution in [-0.2, 0) is 11.2 Å². The van der Waals surface area contributed by atoms with E-state index in [0.717, 1.165) is 5.56 Å². The molecule has 0 aliphatic rings. The Labute approximate surface area is 158 Å². The van der Waals surface area contributed by atoms with E-state index >= 15 is 0 Å². The summed E-state index contributed by atoms with van der Waals surface area (Å²) in [5.41, 5.74) is 1.33. The minimum absolute atomic E-state index is 0.0179. The van der Waals surface area contributed by atoms with Gasteiger partial charge in [0.25, 0.3) is 5.91 Å². The molecule has 0 fully saturated rings. The number of hydrogen-bond acceptors (Lipinski definition) is 3. The monoisotopic (exact) mass is 374 g/mol. The number of carbonyl (C=O) groups is 2. The molecule has 1 unspecified atom stereocenters.